The molecule has 263 valence electrons. The zero-order valence-corrected chi connectivity index (χ0v) is 35.2. The SMILES string of the molecule is Cc1cccc(C)c1-c1cccc2c1sc1c[c-]c(-c3cc(C(C)C)ccn3)cc12.[2H]C([2H])([2H])c1c[c-]c(-c2ncc([Si](C)(C)C)cc2C([2H])(C)C)cc1.[Ir]. The normalized spacial score (nSPS) is 13.1. The number of rotatable bonds is 6. The first kappa shape index (κ1) is 33.1. The number of benzene rings is 4. The number of hydrogen-bond donors (Lipinski definition) is 0. The number of aromatic nitrogens is 2. The van der Waals surface area contributed by atoms with E-state index in [1.807, 2.05) is 37.6 Å². The summed E-state index contributed by atoms with van der Waals surface area (Å²) in [4.78, 5) is 9.24. The Morgan fingerprint density at radius 2 is 1.53 bits per heavy atom. The summed E-state index contributed by atoms with van der Waals surface area (Å²) in [7, 11) is -1.53. The summed E-state index contributed by atoms with van der Waals surface area (Å²) in [6.07, 6.45) is 3.80. The second-order valence-corrected chi connectivity index (χ2v) is 20.8. The monoisotopic (exact) mass is 885 g/mol. The quantitative estimate of drug-likeness (QED) is 0.123. The van der Waals surface area contributed by atoms with Crippen molar-refractivity contribution in [2.45, 2.75) is 79.8 Å². The summed E-state index contributed by atoms with van der Waals surface area (Å²) in [6.45, 7) is 17.1. The van der Waals surface area contributed by atoms with Crippen molar-refractivity contribution in [1.82, 2.24) is 9.97 Å². The number of hydrogen-bond acceptors (Lipinski definition) is 3. The van der Waals surface area contributed by atoms with Gasteiger partial charge in [0.15, 0.2) is 0 Å². The van der Waals surface area contributed by atoms with Gasteiger partial charge < -0.3 is 9.97 Å². The van der Waals surface area contributed by atoms with Crippen molar-refractivity contribution < 1.29 is 25.6 Å². The van der Waals surface area contributed by atoms with E-state index < -0.39 is 20.8 Å². The predicted molar refractivity (Wildman–Crippen MR) is 221 cm³/mol. The summed E-state index contributed by atoms with van der Waals surface area (Å²) in [5, 5.41) is 3.81. The molecule has 4 aromatic carbocycles. The van der Waals surface area contributed by atoms with E-state index in [0.29, 0.717) is 11.6 Å². The van der Waals surface area contributed by atoms with E-state index in [1.54, 1.807) is 12.1 Å². The average Bonchev–Trinajstić information content (AvgIpc) is 3.49. The van der Waals surface area contributed by atoms with Gasteiger partial charge in [0.05, 0.1) is 8.07 Å². The van der Waals surface area contributed by atoms with Gasteiger partial charge in [-0.3, -0.25) is 0 Å². The first-order chi connectivity index (χ1) is 25.3. The van der Waals surface area contributed by atoms with Crippen molar-refractivity contribution in [2.75, 3.05) is 0 Å². The number of pyridine rings is 2. The minimum absolute atomic E-state index is 0. The van der Waals surface area contributed by atoms with Crippen LogP contribution in [0.2, 0.25) is 19.6 Å². The van der Waals surface area contributed by atoms with E-state index in [9.17, 15) is 0 Å². The zero-order valence-electron chi connectivity index (χ0n) is 35.0. The Morgan fingerprint density at radius 3 is 2.18 bits per heavy atom. The van der Waals surface area contributed by atoms with Crippen LogP contribution in [-0.4, -0.2) is 18.0 Å². The molecule has 0 saturated carbocycles. The molecule has 0 aliphatic carbocycles. The van der Waals surface area contributed by atoms with E-state index in [0.717, 1.165) is 22.4 Å². The number of aryl methyl sites for hydroxylation is 3. The molecule has 0 bridgehead atoms. The van der Waals surface area contributed by atoms with Crippen LogP contribution in [0.5, 0.6) is 0 Å². The molecule has 2 nitrogen and oxygen atoms in total. The molecule has 0 spiro atoms. The number of fused-ring (bicyclic) bond motifs is 3. The van der Waals surface area contributed by atoms with Gasteiger partial charge in [0.2, 0.25) is 0 Å². The maximum atomic E-state index is 8.48. The number of nitrogens with zero attached hydrogens (tertiary/aromatic N) is 2. The fourth-order valence-electron chi connectivity index (χ4n) is 6.32. The van der Waals surface area contributed by atoms with Crippen LogP contribution in [0.1, 0.15) is 72.8 Å². The molecule has 3 aromatic heterocycles. The van der Waals surface area contributed by atoms with Gasteiger partial charge in [-0.2, -0.15) is 11.3 Å². The fraction of sp³-hybridized carbons (Fsp3) is 0.261. The third-order valence-electron chi connectivity index (χ3n) is 9.27. The second-order valence-electron chi connectivity index (χ2n) is 14.7. The molecule has 51 heavy (non-hydrogen) atoms. The first-order valence-corrected chi connectivity index (χ1v) is 21.6. The van der Waals surface area contributed by atoms with Gasteiger partial charge >= 0.3 is 0 Å². The maximum absolute atomic E-state index is 8.48. The Labute approximate surface area is 329 Å². The van der Waals surface area contributed by atoms with Crippen LogP contribution >= 0.6 is 11.3 Å². The van der Waals surface area contributed by atoms with E-state index in [-0.39, 0.29) is 25.7 Å². The van der Waals surface area contributed by atoms with Crippen molar-refractivity contribution in [3.8, 4) is 33.6 Å². The van der Waals surface area contributed by atoms with Crippen molar-refractivity contribution in [2.24, 2.45) is 0 Å². The van der Waals surface area contributed by atoms with Gasteiger partial charge in [0, 0.05) is 42.7 Å². The summed E-state index contributed by atoms with van der Waals surface area (Å²) >= 11 is 1.86. The molecule has 0 fully saturated rings. The maximum Gasteiger partial charge on any atom is 0.0795 e. The van der Waals surface area contributed by atoms with Crippen LogP contribution in [-0.2, 0) is 20.1 Å². The Kier molecular flexibility index (Phi) is 10.3. The molecule has 0 N–H and O–H groups in total. The van der Waals surface area contributed by atoms with Crippen LogP contribution in [0.25, 0.3) is 53.8 Å². The molecule has 7 rings (SSSR count). The van der Waals surface area contributed by atoms with Crippen LogP contribution in [0, 0.1) is 32.8 Å². The molecule has 5 heteroatoms. The zero-order chi connectivity index (χ0) is 39.2. The molecule has 7 aromatic rings. The van der Waals surface area contributed by atoms with E-state index in [4.69, 9.17) is 5.48 Å². The van der Waals surface area contributed by atoms with Crippen molar-refractivity contribution >= 4 is 44.8 Å². The molecule has 0 amide bonds. The Balaban J connectivity index is 0.000000213. The summed E-state index contributed by atoms with van der Waals surface area (Å²) in [5.74, 6) is -0.313. The second kappa shape index (κ2) is 15.9. The standard InChI is InChI=1S/C28H24NS.C18H24NSi.Ir/c1-17(2)20-13-14-29-25(16-20)21-11-12-26-24(15-21)22-9-6-10-23(28(22)30-26)27-18(3)7-5-8-19(27)4;1-13(2)17-11-16(20(4,5)6)12-19-18(17)15-9-7-14(3)8-10-15;/h5-10,12-17H,1-4H3;7-9,11-13H,1-6H3;/q2*-1;/i;3D3,13D;. The van der Waals surface area contributed by atoms with E-state index in [1.165, 1.54) is 59.2 Å². The van der Waals surface area contributed by atoms with Crippen LogP contribution in [0.15, 0.2) is 97.3 Å². The van der Waals surface area contributed by atoms with Crippen LogP contribution in [0.4, 0.5) is 0 Å². The third kappa shape index (κ3) is 8.34. The van der Waals surface area contributed by atoms with Gasteiger partial charge in [-0.25, -0.2) is 0 Å². The minimum Gasteiger partial charge on any atom is -0.305 e. The first-order valence-electron chi connectivity index (χ1n) is 19.3. The molecule has 1 radical (unpaired) electrons. The minimum atomic E-state index is -2.14. The third-order valence-corrected chi connectivity index (χ3v) is 12.5. The van der Waals surface area contributed by atoms with Gasteiger partial charge in [-0.1, -0.05) is 119 Å². The van der Waals surface area contributed by atoms with E-state index in [2.05, 4.69) is 136 Å². The molecular weight excluding hydrogens is 833 g/mol. The smallest absolute Gasteiger partial charge is 0.0795 e. The molecule has 0 aliphatic rings. The largest absolute Gasteiger partial charge is 0.305 e. The van der Waals surface area contributed by atoms with Crippen LogP contribution < -0.4 is 5.19 Å². The van der Waals surface area contributed by atoms with Gasteiger partial charge in [0.25, 0.3) is 0 Å². The summed E-state index contributed by atoms with van der Waals surface area (Å²) in [5.41, 5.74) is 11.2. The van der Waals surface area contributed by atoms with Crippen molar-refractivity contribution in [3.05, 3.63) is 137 Å². The summed E-state index contributed by atoms with van der Waals surface area (Å²) in [6, 6.07) is 35.3. The molecular formula is C46H48IrN2SSi-2. The predicted octanol–water partition coefficient (Wildman–Crippen LogP) is 12.8. The van der Waals surface area contributed by atoms with Gasteiger partial charge in [0.1, 0.15) is 0 Å². The molecule has 0 atom stereocenters. The Hall–Kier alpha value is -3.73. The Morgan fingerprint density at radius 1 is 0.804 bits per heavy atom. The van der Waals surface area contributed by atoms with Crippen LogP contribution in [0.3, 0.4) is 0 Å². The molecule has 0 unspecified atom stereocenters. The average molecular weight is 885 g/mol. The van der Waals surface area contributed by atoms with Gasteiger partial charge in [-0.15, -0.1) is 59.2 Å². The van der Waals surface area contributed by atoms with Crippen molar-refractivity contribution in [3.63, 3.8) is 0 Å². The molecule has 0 saturated heterocycles. The topological polar surface area (TPSA) is 25.8 Å². The molecule has 0 aliphatic heterocycles. The number of thiophene rings is 1. The van der Waals surface area contributed by atoms with Crippen molar-refractivity contribution in [1.29, 1.82) is 0 Å². The fourth-order valence-corrected chi connectivity index (χ4v) is 8.54. The van der Waals surface area contributed by atoms with E-state index >= 15 is 0 Å². The summed E-state index contributed by atoms with van der Waals surface area (Å²) < 4.78 is 33.5. The molecule has 3 heterocycles. The Bertz CT molecular complexity index is 2440. The van der Waals surface area contributed by atoms with Gasteiger partial charge in [-0.05, 0) is 80.6 Å².